The number of benzene rings is 5. The lowest BCUT2D eigenvalue weighted by atomic mass is 9.91. The first-order valence-electron chi connectivity index (χ1n) is 14.3. The van der Waals surface area contributed by atoms with Crippen molar-refractivity contribution in [1.82, 2.24) is 10.6 Å². The van der Waals surface area contributed by atoms with Gasteiger partial charge in [0, 0.05) is 29.4 Å². The molecule has 1 fully saturated rings. The molecule has 2 amide bonds. The van der Waals surface area contributed by atoms with E-state index in [2.05, 4.69) is 88.5 Å². The quantitative estimate of drug-likeness (QED) is 0.196. The number of carbonyl (C=O) groups is 1. The molecule has 0 aliphatic heterocycles. The summed E-state index contributed by atoms with van der Waals surface area (Å²) in [6.07, 6.45) is 4.00. The molecule has 3 N–H and O–H groups in total. The van der Waals surface area contributed by atoms with Crippen LogP contribution in [0.25, 0.3) is 43.5 Å². The number of amides is 2. The smallest absolute Gasteiger partial charge is 0.315 e. The zero-order valence-corrected chi connectivity index (χ0v) is 23.6. The van der Waals surface area contributed by atoms with Crippen LogP contribution < -0.4 is 15.7 Å². The molecule has 1 aliphatic carbocycles. The average Bonchev–Trinajstić information content (AvgIpc) is 3.18. The van der Waals surface area contributed by atoms with Crippen molar-refractivity contribution in [3.63, 3.8) is 0 Å². The van der Waals surface area contributed by atoms with Crippen molar-refractivity contribution >= 4 is 57.7 Å². The molecule has 1 aromatic heterocycles. The van der Waals surface area contributed by atoms with Crippen molar-refractivity contribution in [2.24, 2.45) is 0 Å². The minimum Gasteiger partial charge on any atom is -0.408 e. The monoisotopic (exact) mass is 561 g/mol. The normalized spacial score (nSPS) is 17.2. The van der Waals surface area contributed by atoms with Crippen LogP contribution in [0, 0.1) is 0 Å². The summed E-state index contributed by atoms with van der Waals surface area (Å²) in [5.74, 6) is 0. The number of hydrogen-bond acceptors (Lipinski definition) is 4. The Morgan fingerprint density at radius 3 is 1.88 bits per heavy atom. The van der Waals surface area contributed by atoms with E-state index < -0.39 is 8.16 Å². The summed E-state index contributed by atoms with van der Waals surface area (Å²) in [6, 6.07) is 35.0. The van der Waals surface area contributed by atoms with Gasteiger partial charge in [-0.05, 0) is 52.1 Å². The number of nitrogens with one attached hydrogen (secondary N) is 3. The Kier molecular flexibility index (Phi) is 7.10. The Bertz CT molecular complexity index is 1810. The predicted octanol–water partition coefficient (Wildman–Crippen LogP) is 8.95. The Labute approximate surface area is 239 Å². The van der Waals surface area contributed by atoms with E-state index >= 15 is 0 Å². The molecule has 1 aliphatic rings. The minimum absolute atomic E-state index is 0.0235. The van der Waals surface area contributed by atoms with E-state index in [0.717, 1.165) is 74.7 Å². The van der Waals surface area contributed by atoms with Gasteiger partial charge < -0.3 is 19.0 Å². The van der Waals surface area contributed by atoms with Crippen LogP contribution in [0.4, 0.5) is 4.79 Å². The molecule has 6 nitrogen and oxygen atoms in total. The summed E-state index contributed by atoms with van der Waals surface area (Å²) in [5, 5.41) is 16.6. The maximum Gasteiger partial charge on any atom is 0.315 e. The van der Waals surface area contributed by atoms with Crippen molar-refractivity contribution in [1.29, 1.82) is 0 Å². The molecule has 1 heterocycles. The van der Waals surface area contributed by atoms with Crippen LogP contribution in [-0.2, 0) is 6.54 Å². The minimum atomic E-state index is -1.52. The molecule has 2 unspecified atom stereocenters. The Balaban J connectivity index is 1.26. The number of rotatable bonds is 5. The first kappa shape index (κ1) is 25.7. The van der Waals surface area contributed by atoms with Crippen LogP contribution in [0.2, 0.25) is 0 Å². The summed E-state index contributed by atoms with van der Waals surface area (Å²) in [7, 11) is -1.52. The highest BCUT2D eigenvalue weighted by molar-refractivity contribution is 7.38. The summed E-state index contributed by atoms with van der Waals surface area (Å²) < 4.78 is 13.3. The van der Waals surface area contributed by atoms with Crippen LogP contribution in [0.1, 0.15) is 31.2 Å². The molecule has 206 valence electrons. The summed E-state index contributed by atoms with van der Waals surface area (Å²) in [4.78, 5) is 12.8. The Morgan fingerprint density at radius 1 is 0.683 bits per heavy atom. The maximum atomic E-state index is 12.8. The molecular weight excluding hydrogens is 529 g/mol. The molecule has 0 saturated heterocycles. The SMILES string of the molecule is O=C(NCc1ccccc1)NC1CCCCC1Np1oc2ccc3ccccc3c2c2c(ccc3ccccc32)o1. The van der Waals surface area contributed by atoms with Crippen LogP contribution in [0.5, 0.6) is 0 Å². The second-order valence-electron chi connectivity index (χ2n) is 10.7. The number of fused-ring (bicyclic) bond motifs is 7. The van der Waals surface area contributed by atoms with E-state index in [0.29, 0.717) is 6.54 Å². The average molecular weight is 562 g/mol. The van der Waals surface area contributed by atoms with E-state index in [9.17, 15) is 4.79 Å². The maximum absolute atomic E-state index is 12.8. The van der Waals surface area contributed by atoms with Gasteiger partial charge >= 0.3 is 14.2 Å². The lowest BCUT2D eigenvalue weighted by Gasteiger charge is -2.31. The first-order valence-corrected chi connectivity index (χ1v) is 15.4. The van der Waals surface area contributed by atoms with Gasteiger partial charge in [-0.2, -0.15) is 0 Å². The third-order valence-corrected chi connectivity index (χ3v) is 9.31. The fourth-order valence-corrected chi connectivity index (χ4v) is 7.40. The number of urea groups is 1. The lowest BCUT2D eigenvalue weighted by molar-refractivity contribution is 0.230. The fraction of sp³-hybridized carbons (Fsp3) is 0.206. The third kappa shape index (κ3) is 5.29. The number of hydrogen-bond donors (Lipinski definition) is 3. The van der Waals surface area contributed by atoms with Gasteiger partial charge in [-0.3, -0.25) is 0 Å². The molecule has 6 aromatic rings. The van der Waals surface area contributed by atoms with Gasteiger partial charge in [0.1, 0.15) is 11.2 Å². The molecule has 7 rings (SSSR count). The van der Waals surface area contributed by atoms with Gasteiger partial charge in [0.15, 0.2) is 0 Å². The highest BCUT2D eigenvalue weighted by atomic mass is 31.1. The highest BCUT2D eigenvalue weighted by Gasteiger charge is 2.28. The van der Waals surface area contributed by atoms with Gasteiger partial charge in [0.2, 0.25) is 0 Å². The lowest BCUT2D eigenvalue weighted by Crippen LogP contribution is -2.51. The van der Waals surface area contributed by atoms with Crippen molar-refractivity contribution < 1.29 is 13.2 Å². The largest absolute Gasteiger partial charge is 0.408 e. The second-order valence-corrected chi connectivity index (χ2v) is 11.8. The zero-order chi connectivity index (χ0) is 27.6. The molecule has 5 aromatic carbocycles. The highest BCUT2D eigenvalue weighted by Crippen LogP contribution is 2.41. The standard InChI is InChI=1S/C34H32N3O3P/c38-34(35-22-23-10-2-1-3-11-23)36-28-16-8-9-17-29(28)37-41-39-30-20-18-24-12-4-6-14-26(24)32(30)33-27-15-7-5-13-25(27)19-21-31(33)40-41/h1-7,10-15,18-21,28-29,37H,8-9,16-17,22H2,(H2,35,36,38). The molecule has 7 heteroatoms. The Hall–Kier alpha value is -4.25. The summed E-state index contributed by atoms with van der Waals surface area (Å²) in [6.45, 7) is 0.492. The van der Waals surface area contributed by atoms with Crippen molar-refractivity contribution in [3.8, 4) is 0 Å². The topological polar surface area (TPSA) is 79.4 Å². The van der Waals surface area contributed by atoms with Crippen molar-refractivity contribution in [2.75, 3.05) is 5.09 Å². The van der Waals surface area contributed by atoms with Gasteiger partial charge in [-0.15, -0.1) is 0 Å². The fourth-order valence-electron chi connectivity index (χ4n) is 6.01. The third-order valence-electron chi connectivity index (χ3n) is 8.04. The van der Waals surface area contributed by atoms with Crippen LogP contribution >= 0.6 is 8.16 Å². The molecule has 0 bridgehead atoms. The van der Waals surface area contributed by atoms with E-state index in [1.54, 1.807) is 0 Å². The Morgan fingerprint density at radius 2 is 1.24 bits per heavy atom. The van der Waals surface area contributed by atoms with Crippen molar-refractivity contribution in [3.05, 3.63) is 109 Å². The zero-order valence-electron chi connectivity index (χ0n) is 22.7. The van der Waals surface area contributed by atoms with E-state index in [1.165, 1.54) is 0 Å². The molecule has 0 radical (unpaired) electrons. The van der Waals surface area contributed by atoms with Crippen molar-refractivity contribution in [2.45, 2.75) is 44.3 Å². The summed E-state index contributed by atoms with van der Waals surface area (Å²) in [5.41, 5.74) is 2.68. The van der Waals surface area contributed by atoms with E-state index in [-0.39, 0.29) is 18.1 Å². The van der Waals surface area contributed by atoms with Crippen LogP contribution in [-0.4, -0.2) is 18.1 Å². The molecular formula is C34H32N3O3P. The van der Waals surface area contributed by atoms with Gasteiger partial charge in [-0.1, -0.05) is 104 Å². The van der Waals surface area contributed by atoms with Gasteiger partial charge in [0.25, 0.3) is 0 Å². The van der Waals surface area contributed by atoms with Crippen LogP contribution in [0.15, 0.2) is 112 Å². The molecule has 41 heavy (non-hydrogen) atoms. The second kappa shape index (κ2) is 11.3. The molecule has 2 atom stereocenters. The predicted molar refractivity (Wildman–Crippen MR) is 169 cm³/mol. The molecule has 0 spiro atoms. The first-order chi connectivity index (χ1) is 20.2. The van der Waals surface area contributed by atoms with E-state index in [1.807, 2.05) is 30.3 Å². The summed E-state index contributed by atoms with van der Waals surface area (Å²) >= 11 is 0. The van der Waals surface area contributed by atoms with Gasteiger partial charge in [0.05, 0.1) is 0 Å². The number of carbonyl (C=O) groups excluding carboxylic acids is 1. The van der Waals surface area contributed by atoms with Gasteiger partial charge in [-0.25, -0.2) is 9.88 Å². The van der Waals surface area contributed by atoms with Crippen LogP contribution in [0.3, 0.4) is 0 Å². The van der Waals surface area contributed by atoms with E-state index in [4.69, 9.17) is 8.39 Å². The molecule has 1 saturated carbocycles.